The van der Waals surface area contributed by atoms with E-state index in [0.717, 1.165) is 48.9 Å². The Bertz CT molecular complexity index is 854. The molecular formula is C20H21ClFN3O. The second kappa shape index (κ2) is 8.43. The van der Waals surface area contributed by atoms with Gasteiger partial charge in [-0.1, -0.05) is 6.07 Å². The summed E-state index contributed by atoms with van der Waals surface area (Å²) < 4.78 is 20.2. The highest BCUT2D eigenvalue weighted by Gasteiger charge is 2.22. The van der Waals surface area contributed by atoms with Crippen LogP contribution in [0, 0.1) is 5.82 Å². The predicted octanol–water partition coefficient (Wildman–Crippen LogP) is 4.23. The van der Waals surface area contributed by atoms with Crippen LogP contribution in [0.4, 0.5) is 4.39 Å². The maximum Gasteiger partial charge on any atom is 0.165 e. The monoisotopic (exact) mass is 373 g/mol. The number of piperidine rings is 1. The second-order valence-corrected chi connectivity index (χ2v) is 6.42. The first-order chi connectivity index (χ1) is 12.3. The van der Waals surface area contributed by atoms with Crippen molar-refractivity contribution in [1.29, 1.82) is 0 Å². The lowest BCUT2D eigenvalue weighted by atomic mass is 10.1. The van der Waals surface area contributed by atoms with Gasteiger partial charge < -0.3 is 4.74 Å². The molecule has 0 spiro atoms. The Labute approximate surface area is 158 Å². The molecule has 3 heterocycles. The van der Waals surface area contributed by atoms with Crippen LogP contribution in [-0.4, -0.2) is 34.1 Å². The zero-order valence-electron chi connectivity index (χ0n) is 14.3. The molecular weight excluding hydrogens is 353 g/mol. The zero-order chi connectivity index (χ0) is 17.1. The van der Waals surface area contributed by atoms with Gasteiger partial charge >= 0.3 is 0 Å². The Kier molecular flexibility index (Phi) is 6.01. The molecule has 4 rings (SSSR count). The van der Waals surface area contributed by atoms with Crippen molar-refractivity contribution in [3.05, 3.63) is 66.5 Å². The summed E-state index contributed by atoms with van der Waals surface area (Å²) in [5, 5.41) is 1.73. The largest absolute Gasteiger partial charge is 0.487 e. The van der Waals surface area contributed by atoms with Crippen molar-refractivity contribution in [2.45, 2.75) is 25.5 Å². The van der Waals surface area contributed by atoms with Crippen LogP contribution < -0.4 is 4.74 Å². The van der Waals surface area contributed by atoms with Crippen LogP contribution in [0.1, 0.15) is 18.5 Å². The van der Waals surface area contributed by atoms with Gasteiger partial charge in [0.05, 0.1) is 5.69 Å². The van der Waals surface area contributed by atoms with Crippen molar-refractivity contribution in [2.75, 3.05) is 13.1 Å². The number of halogens is 2. The molecule has 1 aliphatic rings. The number of rotatable bonds is 4. The van der Waals surface area contributed by atoms with Crippen LogP contribution in [0.15, 0.2) is 55.0 Å². The lowest BCUT2D eigenvalue weighted by Gasteiger charge is -2.32. The summed E-state index contributed by atoms with van der Waals surface area (Å²) in [5.41, 5.74) is 1.08. The Hall–Kier alpha value is -2.24. The minimum absolute atomic E-state index is 0. The summed E-state index contributed by atoms with van der Waals surface area (Å²) >= 11 is 0. The molecule has 0 saturated carbocycles. The Balaban J connectivity index is 0.00000196. The fourth-order valence-corrected chi connectivity index (χ4v) is 3.26. The van der Waals surface area contributed by atoms with Gasteiger partial charge in [0.15, 0.2) is 11.6 Å². The molecule has 0 atom stereocenters. The van der Waals surface area contributed by atoms with E-state index < -0.39 is 0 Å². The summed E-state index contributed by atoms with van der Waals surface area (Å²) in [6.45, 7) is 2.71. The third-order valence-corrected chi connectivity index (χ3v) is 4.63. The summed E-state index contributed by atoms with van der Waals surface area (Å²) in [4.78, 5) is 10.8. The number of aromatic nitrogens is 2. The zero-order valence-corrected chi connectivity index (χ0v) is 15.2. The standard InChI is InChI=1S/C20H20FN3O.ClH/c21-19-11-16-13-22-8-4-15(16)12-20(19)25-18-5-9-24(10-6-18)14-17-3-1-2-7-23-17;/h1-4,7-8,11-13,18H,5-6,9-10,14H2;1H. The van der Waals surface area contributed by atoms with Crippen molar-refractivity contribution in [1.82, 2.24) is 14.9 Å². The third kappa shape index (κ3) is 4.29. The highest BCUT2D eigenvalue weighted by Crippen LogP contribution is 2.27. The van der Waals surface area contributed by atoms with E-state index in [0.29, 0.717) is 5.75 Å². The summed E-state index contributed by atoms with van der Waals surface area (Å²) in [6, 6.07) is 11.1. The van der Waals surface area contributed by atoms with Gasteiger partial charge in [-0.15, -0.1) is 12.4 Å². The van der Waals surface area contributed by atoms with E-state index in [1.165, 1.54) is 6.07 Å². The van der Waals surface area contributed by atoms with Gasteiger partial charge in [-0.2, -0.15) is 0 Å². The average molecular weight is 374 g/mol. The normalized spacial score (nSPS) is 15.6. The first-order valence-corrected chi connectivity index (χ1v) is 8.60. The molecule has 1 aliphatic heterocycles. The van der Waals surface area contributed by atoms with E-state index in [4.69, 9.17) is 4.74 Å². The summed E-state index contributed by atoms with van der Waals surface area (Å²) in [5.74, 6) is 0.0123. The molecule has 0 radical (unpaired) electrons. The van der Waals surface area contributed by atoms with Gasteiger partial charge in [-0.05, 0) is 48.6 Å². The topological polar surface area (TPSA) is 38.2 Å². The van der Waals surface area contributed by atoms with Gasteiger partial charge in [0, 0.05) is 43.6 Å². The molecule has 0 N–H and O–H groups in total. The summed E-state index contributed by atoms with van der Waals surface area (Å²) in [7, 11) is 0. The van der Waals surface area contributed by atoms with Crippen LogP contribution in [0.5, 0.6) is 5.75 Å². The van der Waals surface area contributed by atoms with Crippen molar-refractivity contribution >= 4 is 23.2 Å². The molecule has 4 nitrogen and oxygen atoms in total. The van der Waals surface area contributed by atoms with Gasteiger partial charge in [0.2, 0.25) is 0 Å². The molecule has 1 aromatic carbocycles. The molecule has 0 unspecified atom stereocenters. The highest BCUT2D eigenvalue weighted by atomic mass is 35.5. The Morgan fingerprint density at radius 2 is 1.92 bits per heavy atom. The molecule has 6 heteroatoms. The number of pyridine rings is 2. The number of hydrogen-bond acceptors (Lipinski definition) is 4. The van der Waals surface area contributed by atoms with Crippen molar-refractivity contribution in [3.8, 4) is 5.75 Å². The fraction of sp³-hybridized carbons (Fsp3) is 0.300. The molecule has 136 valence electrons. The third-order valence-electron chi connectivity index (χ3n) is 4.63. The Morgan fingerprint density at radius 3 is 2.69 bits per heavy atom. The van der Waals surface area contributed by atoms with Gasteiger partial charge in [0.1, 0.15) is 6.10 Å². The van der Waals surface area contributed by atoms with E-state index in [9.17, 15) is 4.39 Å². The van der Waals surface area contributed by atoms with E-state index in [1.807, 2.05) is 30.5 Å². The highest BCUT2D eigenvalue weighted by molar-refractivity contribution is 5.85. The predicted molar refractivity (Wildman–Crippen MR) is 102 cm³/mol. The molecule has 26 heavy (non-hydrogen) atoms. The van der Waals surface area contributed by atoms with Crippen molar-refractivity contribution < 1.29 is 9.13 Å². The van der Waals surface area contributed by atoms with E-state index in [-0.39, 0.29) is 24.3 Å². The number of nitrogens with zero attached hydrogens (tertiary/aromatic N) is 3. The lowest BCUT2D eigenvalue weighted by molar-refractivity contribution is 0.0930. The van der Waals surface area contributed by atoms with Crippen LogP contribution in [0.2, 0.25) is 0 Å². The van der Waals surface area contributed by atoms with E-state index >= 15 is 0 Å². The number of hydrogen-bond donors (Lipinski definition) is 0. The number of likely N-dealkylation sites (tertiary alicyclic amines) is 1. The molecule has 3 aromatic rings. The first kappa shape index (κ1) is 18.5. The molecule has 1 fully saturated rings. The maximum atomic E-state index is 14.3. The average Bonchev–Trinajstić information content (AvgIpc) is 2.65. The van der Waals surface area contributed by atoms with Crippen molar-refractivity contribution in [2.24, 2.45) is 0 Å². The maximum absolute atomic E-state index is 14.3. The molecule has 2 aromatic heterocycles. The van der Waals surface area contributed by atoms with Crippen LogP contribution >= 0.6 is 12.4 Å². The van der Waals surface area contributed by atoms with Gasteiger partial charge in [-0.3, -0.25) is 14.9 Å². The number of ether oxygens (including phenoxy) is 1. The lowest BCUT2D eigenvalue weighted by Crippen LogP contribution is -2.38. The van der Waals surface area contributed by atoms with E-state index in [1.54, 1.807) is 18.5 Å². The SMILES string of the molecule is Cl.Fc1cc2cnccc2cc1OC1CCN(Cc2ccccn2)CC1. The quantitative estimate of drug-likeness (QED) is 0.685. The van der Waals surface area contributed by atoms with Crippen molar-refractivity contribution in [3.63, 3.8) is 0 Å². The van der Waals surface area contributed by atoms with Crippen LogP contribution in [0.3, 0.4) is 0 Å². The van der Waals surface area contributed by atoms with Gasteiger partial charge in [0.25, 0.3) is 0 Å². The van der Waals surface area contributed by atoms with Gasteiger partial charge in [-0.25, -0.2) is 4.39 Å². The number of fused-ring (bicyclic) bond motifs is 1. The molecule has 0 amide bonds. The van der Waals surface area contributed by atoms with E-state index in [2.05, 4.69) is 14.9 Å². The minimum atomic E-state index is -0.323. The fourth-order valence-electron chi connectivity index (χ4n) is 3.26. The summed E-state index contributed by atoms with van der Waals surface area (Å²) in [6.07, 6.45) is 7.02. The number of benzene rings is 1. The molecule has 0 aliphatic carbocycles. The van der Waals surface area contributed by atoms with Crippen LogP contribution in [0.25, 0.3) is 10.8 Å². The smallest absolute Gasteiger partial charge is 0.165 e. The van der Waals surface area contributed by atoms with Crippen LogP contribution in [-0.2, 0) is 6.54 Å². The first-order valence-electron chi connectivity index (χ1n) is 8.60. The molecule has 0 bridgehead atoms. The second-order valence-electron chi connectivity index (χ2n) is 6.42. The Morgan fingerprint density at radius 1 is 1.08 bits per heavy atom. The minimum Gasteiger partial charge on any atom is -0.487 e. The molecule has 1 saturated heterocycles.